The van der Waals surface area contributed by atoms with E-state index < -0.39 is 14.4 Å². The molecule has 0 aliphatic carbocycles. The molecular weight excluding hydrogens is 328 g/mol. The Morgan fingerprint density at radius 1 is 1.00 bits per heavy atom. The standard InChI is InChI=1S/C21H28O3Si/c1-21(2,3)25(17-10-6-4-7-11-17,18-12-8-5-9-13-18)24-16-20-19(22)14-15-23-20/h4-13,19-20,22H,14-16H2,1-3H3/t19-,20+/m0/s1. The molecule has 1 aliphatic rings. The van der Waals surface area contributed by atoms with Gasteiger partial charge in [0.05, 0.1) is 12.7 Å². The van der Waals surface area contributed by atoms with Crippen LogP contribution in [0, 0.1) is 0 Å². The fraction of sp³-hybridized carbons (Fsp3) is 0.429. The summed E-state index contributed by atoms with van der Waals surface area (Å²) in [5.41, 5.74) is 0. The fourth-order valence-corrected chi connectivity index (χ4v) is 8.33. The second kappa shape index (κ2) is 7.42. The van der Waals surface area contributed by atoms with Crippen LogP contribution in [0.2, 0.25) is 5.04 Å². The van der Waals surface area contributed by atoms with Crippen molar-refractivity contribution in [1.82, 2.24) is 0 Å². The number of rotatable bonds is 5. The third-order valence-electron chi connectivity index (χ3n) is 5.06. The number of hydrogen-bond donors (Lipinski definition) is 1. The smallest absolute Gasteiger partial charge is 0.261 e. The summed E-state index contributed by atoms with van der Waals surface area (Å²) in [6, 6.07) is 21.1. The normalized spacial score (nSPS) is 21.4. The largest absolute Gasteiger partial charge is 0.405 e. The molecule has 0 bridgehead atoms. The van der Waals surface area contributed by atoms with E-state index in [9.17, 15) is 5.11 Å². The van der Waals surface area contributed by atoms with Crippen molar-refractivity contribution in [3.05, 3.63) is 60.7 Å². The molecule has 0 spiro atoms. The van der Waals surface area contributed by atoms with Gasteiger partial charge in [0.25, 0.3) is 8.32 Å². The predicted molar refractivity (Wildman–Crippen MR) is 104 cm³/mol. The van der Waals surface area contributed by atoms with Crippen LogP contribution >= 0.6 is 0 Å². The maximum Gasteiger partial charge on any atom is 0.261 e. The van der Waals surface area contributed by atoms with Crippen LogP contribution in [0.25, 0.3) is 0 Å². The zero-order chi connectivity index (χ0) is 17.9. The Kier molecular flexibility index (Phi) is 5.44. The number of benzene rings is 2. The summed E-state index contributed by atoms with van der Waals surface area (Å²) in [6.45, 7) is 7.80. The van der Waals surface area contributed by atoms with Gasteiger partial charge < -0.3 is 14.3 Å². The molecule has 0 aromatic heterocycles. The molecule has 1 fully saturated rings. The first kappa shape index (κ1) is 18.3. The molecule has 0 unspecified atom stereocenters. The lowest BCUT2D eigenvalue weighted by Gasteiger charge is -2.43. The van der Waals surface area contributed by atoms with Crippen molar-refractivity contribution >= 4 is 18.7 Å². The van der Waals surface area contributed by atoms with Gasteiger partial charge in [-0.2, -0.15) is 0 Å². The van der Waals surface area contributed by atoms with E-state index in [0.717, 1.165) is 0 Å². The van der Waals surface area contributed by atoms with Crippen LogP contribution in [0.4, 0.5) is 0 Å². The molecule has 2 aromatic carbocycles. The summed E-state index contributed by atoms with van der Waals surface area (Å²) < 4.78 is 12.5. The second-order valence-electron chi connectivity index (χ2n) is 7.74. The molecule has 134 valence electrons. The van der Waals surface area contributed by atoms with Gasteiger partial charge in [0.2, 0.25) is 0 Å². The van der Waals surface area contributed by atoms with Gasteiger partial charge in [-0.3, -0.25) is 0 Å². The first-order chi connectivity index (χ1) is 11.9. The Balaban J connectivity index is 2.05. The van der Waals surface area contributed by atoms with E-state index in [1.54, 1.807) is 0 Å². The van der Waals surface area contributed by atoms with Gasteiger partial charge in [-0.05, 0) is 21.8 Å². The van der Waals surface area contributed by atoms with Crippen LogP contribution in [0.5, 0.6) is 0 Å². The summed E-state index contributed by atoms with van der Waals surface area (Å²) in [5, 5.41) is 12.6. The van der Waals surface area contributed by atoms with E-state index in [0.29, 0.717) is 19.6 Å². The molecule has 2 aromatic rings. The highest BCUT2D eigenvalue weighted by molar-refractivity contribution is 6.99. The lowest BCUT2D eigenvalue weighted by atomic mass is 10.2. The van der Waals surface area contributed by atoms with Crippen LogP contribution in [0.15, 0.2) is 60.7 Å². The van der Waals surface area contributed by atoms with Crippen LogP contribution in [0.1, 0.15) is 27.2 Å². The minimum absolute atomic E-state index is 0.0563. The third-order valence-corrected chi connectivity index (χ3v) is 10.1. The van der Waals surface area contributed by atoms with Crippen molar-refractivity contribution in [1.29, 1.82) is 0 Å². The summed E-state index contributed by atoms with van der Waals surface area (Å²) in [5.74, 6) is 0. The zero-order valence-electron chi connectivity index (χ0n) is 15.3. The SMILES string of the molecule is CC(C)(C)[Si](OC[C@H]1OCC[C@@H]1O)(c1ccccc1)c1ccccc1. The van der Waals surface area contributed by atoms with Gasteiger partial charge in [0, 0.05) is 6.61 Å². The Bertz CT molecular complexity index is 627. The maximum atomic E-state index is 10.1. The van der Waals surface area contributed by atoms with E-state index in [-0.39, 0.29) is 11.1 Å². The third kappa shape index (κ3) is 3.58. The molecular formula is C21H28O3Si. The Labute approximate surface area is 151 Å². The monoisotopic (exact) mass is 356 g/mol. The molecule has 0 saturated carbocycles. The molecule has 1 saturated heterocycles. The van der Waals surface area contributed by atoms with E-state index in [1.807, 2.05) is 12.1 Å². The average Bonchev–Trinajstić information content (AvgIpc) is 3.01. The Morgan fingerprint density at radius 2 is 1.52 bits per heavy atom. The molecule has 0 radical (unpaired) electrons. The summed E-state index contributed by atoms with van der Waals surface area (Å²) in [4.78, 5) is 0. The molecule has 3 rings (SSSR count). The van der Waals surface area contributed by atoms with E-state index in [4.69, 9.17) is 9.16 Å². The van der Waals surface area contributed by atoms with Gasteiger partial charge >= 0.3 is 0 Å². The fourth-order valence-electron chi connectivity index (χ4n) is 3.77. The molecule has 4 heteroatoms. The summed E-state index contributed by atoms with van der Waals surface area (Å²) >= 11 is 0. The number of aliphatic hydroxyl groups is 1. The second-order valence-corrected chi connectivity index (χ2v) is 12.0. The predicted octanol–water partition coefficient (Wildman–Crippen LogP) is 2.71. The average molecular weight is 357 g/mol. The van der Waals surface area contributed by atoms with Crippen LogP contribution in [-0.4, -0.2) is 38.8 Å². The van der Waals surface area contributed by atoms with Crippen molar-refractivity contribution < 1.29 is 14.3 Å². The number of aliphatic hydroxyl groups excluding tert-OH is 1. The Hall–Kier alpha value is -1.46. The summed E-state index contributed by atoms with van der Waals surface area (Å²) in [6.07, 6.45) is 0.0225. The molecule has 1 heterocycles. The van der Waals surface area contributed by atoms with Gasteiger partial charge in [-0.15, -0.1) is 0 Å². The quantitative estimate of drug-likeness (QED) is 0.837. The highest BCUT2D eigenvalue weighted by Crippen LogP contribution is 2.37. The molecule has 3 nitrogen and oxygen atoms in total. The van der Waals surface area contributed by atoms with Crippen molar-refractivity contribution in [2.24, 2.45) is 0 Å². The lowest BCUT2D eigenvalue weighted by Crippen LogP contribution is -2.67. The van der Waals surface area contributed by atoms with E-state index in [1.165, 1.54) is 10.4 Å². The van der Waals surface area contributed by atoms with Gasteiger partial charge in [0.15, 0.2) is 0 Å². The number of ether oxygens (including phenoxy) is 1. The van der Waals surface area contributed by atoms with Gasteiger partial charge in [0.1, 0.15) is 6.10 Å². The summed E-state index contributed by atoms with van der Waals surface area (Å²) in [7, 11) is -2.54. The number of hydrogen-bond acceptors (Lipinski definition) is 3. The van der Waals surface area contributed by atoms with Gasteiger partial charge in [-0.25, -0.2) is 0 Å². The highest BCUT2D eigenvalue weighted by atomic mass is 28.4. The zero-order valence-corrected chi connectivity index (χ0v) is 16.3. The van der Waals surface area contributed by atoms with E-state index in [2.05, 4.69) is 69.3 Å². The molecule has 1 N–H and O–H groups in total. The Morgan fingerprint density at radius 3 is 1.92 bits per heavy atom. The van der Waals surface area contributed by atoms with Crippen molar-refractivity contribution in [3.8, 4) is 0 Å². The first-order valence-corrected chi connectivity index (χ1v) is 10.9. The van der Waals surface area contributed by atoms with Crippen LogP contribution in [0.3, 0.4) is 0 Å². The maximum absolute atomic E-state index is 10.1. The van der Waals surface area contributed by atoms with Crippen molar-refractivity contribution in [2.45, 2.75) is 44.4 Å². The molecule has 25 heavy (non-hydrogen) atoms. The highest BCUT2D eigenvalue weighted by Gasteiger charge is 2.50. The van der Waals surface area contributed by atoms with E-state index >= 15 is 0 Å². The molecule has 2 atom stereocenters. The minimum atomic E-state index is -2.54. The van der Waals surface area contributed by atoms with Gasteiger partial charge in [-0.1, -0.05) is 81.4 Å². The topological polar surface area (TPSA) is 38.7 Å². The van der Waals surface area contributed by atoms with Crippen LogP contribution in [-0.2, 0) is 9.16 Å². The first-order valence-electron chi connectivity index (χ1n) is 9.00. The molecule has 0 amide bonds. The molecule has 1 aliphatic heterocycles. The minimum Gasteiger partial charge on any atom is -0.405 e. The lowest BCUT2D eigenvalue weighted by molar-refractivity contribution is 0.00844. The van der Waals surface area contributed by atoms with Crippen molar-refractivity contribution in [3.63, 3.8) is 0 Å². The van der Waals surface area contributed by atoms with Crippen LogP contribution < -0.4 is 10.4 Å². The van der Waals surface area contributed by atoms with Crippen molar-refractivity contribution in [2.75, 3.05) is 13.2 Å².